The molecule has 1 fully saturated rings. The van der Waals surface area contributed by atoms with Crippen LogP contribution in [0, 0.1) is 11.3 Å². The number of carbonyl (C=O) groups excluding carboxylic acids is 1. The highest BCUT2D eigenvalue weighted by atomic mass is 16.1. The quantitative estimate of drug-likeness (QED) is 0.665. The van der Waals surface area contributed by atoms with E-state index < -0.39 is 0 Å². The van der Waals surface area contributed by atoms with Gasteiger partial charge < -0.3 is 0 Å². The topological polar surface area (TPSA) is 17.1 Å². The monoisotopic (exact) mass is 196 g/mol. The summed E-state index contributed by atoms with van der Waals surface area (Å²) in [6, 6.07) is 0. The van der Waals surface area contributed by atoms with Crippen LogP contribution in [0.5, 0.6) is 0 Å². The van der Waals surface area contributed by atoms with Crippen molar-refractivity contribution in [2.75, 3.05) is 0 Å². The largest absolute Gasteiger partial charge is 0.299 e. The summed E-state index contributed by atoms with van der Waals surface area (Å²) < 4.78 is 0. The fraction of sp³-hybridized carbons (Fsp3) is 0.923. The van der Waals surface area contributed by atoms with Crippen LogP contribution in [-0.2, 0) is 4.79 Å². The maximum absolute atomic E-state index is 11.5. The lowest BCUT2D eigenvalue weighted by atomic mass is 9.72. The highest BCUT2D eigenvalue weighted by Gasteiger charge is 2.27. The third-order valence-electron chi connectivity index (χ3n) is 3.68. The molecule has 0 amide bonds. The van der Waals surface area contributed by atoms with E-state index in [2.05, 4.69) is 6.92 Å². The highest BCUT2D eigenvalue weighted by Crippen LogP contribution is 2.39. The van der Waals surface area contributed by atoms with E-state index in [9.17, 15) is 4.79 Å². The van der Waals surface area contributed by atoms with Gasteiger partial charge in [0, 0.05) is 12.3 Å². The Morgan fingerprint density at radius 1 is 1.21 bits per heavy atom. The molecule has 82 valence electrons. The molecule has 1 aliphatic rings. The van der Waals surface area contributed by atoms with Gasteiger partial charge >= 0.3 is 0 Å². The smallest absolute Gasteiger partial charge is 0.135 e. The number of carbonyl (C=O) groups is 1. The van der Waals surface area contributed by atoms with Gasteiger partial charge in [-0.25, -0.2) is 0 Å². The normalized spacial score (nSPS) is 21.1. The molecule has 0 atom stereocenters. The Morgan fingerprint density at radius 2 is 1.79 bits per heavy atom. The predicted octanol–water partition coefficient (Wildman–Crippen LogP) is 3.96. The first-order valence-electron chi connectivity index (χ1n) is 6.06. The van der Waals surface area contributed by atoms with Crippen LogP contribution in [0.4, 0.5) is 0 Å². The minimum Gasteiger partial charge on any atom is -0.299 e. The number of ketones is 1. The van der Waals surface area contributed by atoms with Crippen molar-refractivity contribution >= 4 is 5.78 Å². The molecule has 1 rings (SSSR count). The Morgan fingerprint density at radius 3 is 2.29 bits per heavy atom. The Balaban J connectivity index is 2.32. The van der Waals surface area contributed by atoms with Gasteiger partial charge in [0.1, 0.15) is 5.78 Å². The highest BCUT2D eigenvalue weighted by molar-refractivity contribution is 5.80. The molecule has 0 aromatic rings. The summed E-state index contributed by atoms with van der Waals surface area (Å²) in [5.74, 6) is 0.666. The van der Waals surface area contributed by atoms with Crippen LogP contribution in [0.2, 0.25) is 0 Å². The van der Waals surface area contributed by atoms with Crippen molar-refractivity contribution in [3.05, 3.63) is 0 Å². The summed E-state index contributed by atoms with van der Waals surface area (Å²) in [6.45, 7) is 6.37. The second-order valence-electron chi connectivity index (χ2n) is 5.49. The summed E-state index contributed by atoms with van der Waals surface area (Å²) in [7, 11) is 0. The van der Waals surface area contributed by atoms with Gasteiger partial charge in [-0.2, -0.15) is 0 Å². The van der Waals surface area contributed by atoms with Crippen LogP contribution in [0.3, 0.4) is 0 Å². The summed E-state index contributed by atoms with van der Waals surface area (Å²) in [6.07, 6.45) is 8.71. The summed E-state index contributed by atoms with van der Waals surface area (Å²) in [5.41, 5.74) is 0.475. The first kappa shape index (κ1) is 11.7. The fourth-order valence-electron chi connectivity index (χ4n) is 2.37. The second kappa shape index (κ2) is 4.95. The van der Waals surface area contributed by atoms with E-state index in [-0.39, 0.29) is 5.92 Å². The lowest BCUT2D eigenvalue weighted by Gasteiger charge is -2.33. The number of Topliss-reactive ketones (excluding diaryl/α,β-unsaturated/α-hetero) is 1. The molecule has 0 bridgehead atoms. The Labute approximate surface area is 88.3 Å². The van der Waals surface area contributed by atoms with Crippen molar-refractivity contribution < 1.29 is 4.79 Å². The molecule has 0 aliphatic heterocycles. The summed E-state index contributed by atoms with van der Waals surface area (Å²) in [5, 5.41) is 0. The molecule has 1 heteroatoms. The third-order valence-corrected chi connectivity index (χ3v) is 3.68. The maximum atomic E-state index is 11.5. The average molecular weight is 196 g/mol. The molecule has 0 saturated heterocycles. The molecular formula is C13H24O. The summed E-state index contributed by atoms with van der Waals surface area (Å²) >= 11 is 0. The van der Waals surface area contributed by atoms with Crippen molar-refractivity contribution in [2.45, 2.75) is 65.7 Å². The number of hydrogen-bond acceptors (Lipinski definition) is 1. The van der Waals surface area contributed by atoms with E-state index >= 15 is 0 Å². The van der Waals surface area contributed by atoms with Gasteiger partial charge in [0.25, 0.3) is 0 Å². The SMILES string of the molecule is CC(C)C(=O)CCC1(C)CCCCC1. The van der Waals surface area contributed by atoms with Crippen LogP contribution in [0.15, 0.2) is 0 Å². The van der Waals surface area contributed by atoms with Crippen molar-refractivity contribution in [3.8, 4) is 0 Å². The minimum atomic E-state index is 0.224. The molecule has 14 heavy (non-hydrogen) atoms. The predicted molar refractivity (Wildman–Crippen MR) is 60.3 cm³/mol. The molecule has 0 unspecified atom stereocenters. The minimum absolute atomic E-state index is 0.224. The van der Waals surface area contributed by atoms with Crippen LogP contribution < -0.4 is 0 Å². The van der Waals surface area contributed by atoms with Gasteiger partial charge in [-0.1, -0.05) is 40.0 Å². The van der Waals surface area contributed by atoms with Gasteiger partial charge in [-0.05, 0) is 24.7 Å². The Bertz CT molecular complexity index is 187. The van der Waals surface area contributed by atoms with Crippen LogP contribution in [0.25, 0.3) is 0 Å². The molecule has 1 nitrogen and oxygen atoms in total. The van der Waals surface area contributed by atoms with Gasteiger partial charge in [0.2, 0.25) is 0 Å². The van der Waals surface area contributed by atoms with Crippen LogP contribution in [0.1, 0.15) is 65.7 Å². The van der Waals surface area contributed by atoms with Gasteiger partial charge in [0.05, 0.1) is 0 Å². The maximum Gasteiger partial charge on any atom is 0.135 e. The zero-order valence-electron chi connectivity index (χ0n) is 9.94. The first-order valence-corrected chi connectivity index (χ1v) is 6.06. The van der Waals surface area contributed by atoms with E-state index in [0.717, 1.165) is 12.8 Å². The van der Waals surface area contributed by atoms with Gasteiger partial charge in [0.15, 0.2) is 0 Å². The van der Waals surface area contributed by atoms with E-state index in [4.69, 9.17) is 0 Å². The molecule has 0 radical (unpaired) electrons. The van der Waals surface area contributed by atoms with Crippen LogP contribution in [-0.4, -0.2) is 5.78 Å². The fourth-order valence-corrected chi connectivity index (χ4v) is 2.37. The molecule has 0 aromatic heterocycles. The van der Waals surface area contributed by atoms with Crippen molar-refractivity contribution in [1.29, 1.82) is 0 Å². The number of hydrogen-bond donors (Lipinski definition) is 0. The molecule has 1 aliphatic carbocycles. The van der Waals surface area contributed by atoms with E-state index in [0.29, 0.717) is 11.2 Å². The van der Waals surface area contributed by atoms with E-state index in [1.807, 2.05) is 13.8 Å². The number of rotatable bonds is 4. The zero-order chi connectivity index (χ0) is 10.6. The standard InChI is InChI=1S/C13H24O/c1-11(2)12(14)7-10-13(3)8-5-4-6-9-13/h11H,4-10H2,1-3H3. The van der Waals surface area contributed by atoms with Crippen molar-refractivity contribution in [3.63, 3.8) is 0 Å². The molecule has 0 N–H and O–H groups in total. The lowest BCUT2D eigenvalue weighted by molar-refractivity contribution is -0.122. The zero-order valence-corrected chi connectivity index (χ0v) is 9.94. The Kier molecular flexibility index (Phi) is 4.15. The lowest BCUT2D eigenvalue weighted by Crippen LogP contribution is -2.22. The third kappa shape index (κ3) is 3.43. The molecular weight excluding hydrogens is 172 g/mol. The Hall–Kier alpha value is -0.330. The molecule has 0 aromatic carbocycles. The molecule has 0 spiro atoms. The van der Waals surface area contributed by atoms with Gasteiger partial charge in [-0.15, -0.1) is 0 Å². The van der Waals surface area contributed by atoms with Gasteiger partial charge in [-0.3, -0.25) is 4.79 Å². The summed E-state index contributed by atoms with van der Waals surface area (Å²) in [4.78, 5) is 11.5. The van der Waals surface area contributed by atoms with Crippen LogP contribution >= 0.6 is 0 Å². The van der Waals surface area contributed by atoms with Crippen molar-refractivity contribution in [1.82, 2.24) is 0 Å². The van der Waals surface area contributed by atoms with E-state index in [1.165, 1.54) is 32.1 Å². The second-order valence-corrected chi connectivity index (χ2v) is 5.49. The average Bonchev–Trinajstić information content (AvgIpc) is 2.15. The first-order chi connectivity index (χ1) is 6.53. The molecule has 0 heterocycles. The van der Waals surface area contributed by atoms with Crippen molar-refractivity contribution in [2.24, 2.45) is 11.3 Å². The van der Waals surface area contributed by atoms with E-state index in [1.54, 1.807) is 0 Å². The molecule has 1 saturated carbocycles.